The minimum absolute atomic E-state index is 0.0434. The topological polar surface area (TPSA) is 65.8 Å². The van der Waals surface area contributed by atoms with Gasteiger partial charge in [-0.2, -0.15) is 0 Å². The normalized spacial score (nSPS) is 22.8. The van der Waals surface area contributed by atoms with Crippen LogP contribution in [-0.2, 0) is 18.4 Å². The molecule has 0 spiro atoms. The van der Waals surface area contributed by atoms with Gasteiger partial charge in [0.2, 0.25) is 5.43 Å². The van der Waals surface area contributed by atoms with Gasteiger partial charge in [-0.3, -0.25) is 19.3 Å². The lowest BCUT2D eigenvalue weighted by atomic mass is 9.81. The first-order valence-electron chi connectivity index (χ1n) is 11.3. The Morgan fingerprint density at radius 1 is 1.06 bits per heavy atom. The van der Waals surface area contributed by atoms with E-state index in [-0.39, 0.29) is 24.1 Å². The fraction of sp³-hybridized carbons (Fsp3) is 0.308. The molecule has 1 amide bonds. The number of amides is 1. The van der Waals surface area contributed by atoms with E-state index in [4.69, 9.17) is 0 Å². The summed E-state index contributed by atoms with van der Waals surface area (Å²) in [7, 11) is 0. The van der Waals surface area contributed by atoms with Crippen LogP contribution < -0.4 is 10.4 Å². The SMILES string of the molecule is CCN1CN(C23c4cccc(C)c4CC2Cc2c(F)cccc23)n2ccc(=O)c(O)c2C1=O. The van der Waals surface area contributed by atoms with E-state index >= 15 is 4.39 Å². The molecule has 0 fully saturated rings. The summed E-state index contributed by atoms with van der Waals surface area (Å²) in [6, 6.07) is 12.7. The van der Waals surface area contributed by atoms with Gasteiger partial charge in [0, 0.05) is 24.7 Å². The Balaban J connectivity index is 1.72. The van der Waals surface area contributed by atoms with Gasteiger partial charge in [0.1, 0.15) is 18.0 Å². The highest BCUT2D eigenvalue weighted by atomic mass is 19.1. The summed E-state index contributed by atoms with van der Waals surface area (Å²) >= 11 is 0. The Morgan fingerprint density at radius 3 is 2.52 bits per heavy atom. The van der Waals surface area contributed by atoms with E-state index in [1.54, 1.807) is 21.8 Å². The van der Waals surface area contributed by atoms with Crippen LogP contribution in [0, 0.1) is 18.7 Å². The predicted octanol–water partition coefficient (Wildman–Crippen LogP) is 3.04. The molecule has 1 aliphatic heterocycles. The zero-order valence-corrected chi connectivity index (χ0v) is 18.5. The lowest BCUT2D eigenvalue weighted by Crippen LogP contribution is -2.63. The van der Waals surface area contributed by atoms with Gasteiger partial charge in [-0.05, 0) is 60.6 Å². The average molecular weight is 445 g/mol. The summed E-state index contributed by atoms with van der Waals surface area (Å²) in [5.74, 6) is -1.13. The van der Waals surface area contributed by atoms with Crippen LogP contribution in [0.5, 0.6) is 5.75 Å². The van der Waals surface area contributed by atoms with Crippen molar-refractivity contribution in [2.45, 2.75) is 32.2 Å². The van der Waals surface area contributed by atoms with Gasteiger partial charge in [-0.1, -0.05) is 30.3 Å². The van der Waals surface area contributed by atoms with E-state index in [1.165, 1.54) is 23.3 Å². The van der Waals surface area contributed by atoms with E-state index in [2.05, 4.69) is 19.1 Å². The molecule has 3 aliphatic rings. The van der Waals surface area contributed by atoms with Crippen LogP contribution >= 0.6 is 0 Å². The number of carbonyl (C=O) groups excluding carboxylic acids is 1. The van der Waals surface area contributed by atoms with Crippen LogP contribution in [0.15, 0.2) is 53.5 Å². The third-order valence-corrected chi connectivity index (χ3v) is 7.74. The van der Waals surface area contributed by atoms with Crippen molar-refractivity contribution < 1.29 is 14.3 Å². The molecule has 3 aromatic rings. The Kier molecular flexibility index (Phi) is 4.07. The zero-order valence-electron chi connectivity index (χ0n) is 18.5. The van der Waals surface area contributed by atoms with Crippen molar-refractivity contribution in [2.24, 2.45) is 5.92 Å². The fourth-order valence-corrected chi connectivity index (χ4v) is 6.27. The number of nitrogens with zero attached hydrogens (tertiary/aromatic N) is 3. The van der Waals surface area contributed by atoms with Gasteiger partial charge in [0.05, 0.1) is 0 Å². The quantitative estimate of drug-likeness (QED) is 0.659. The number of hydrogen-bond acceptors (Lipinski definition) is 4. The van der Waals surface area contributed by atoms with Crippen molar-refractivity contribution in [3.05, 3.63) is 98.2 Å². The van der Waals surface area contributed by atoms with Crippen molar-refractivity contribution in [3.8, 4) is 5.75 Å². The molecule has 2 aliphatic carbocycles. The second kappa shape index (κ2) is 6.70. The largest absolute Gasteiger partial charge is 0.502 e. The second-order valence-electron chi connectivity index (χ2n) is 9.16. The van der Waals surface area contributed by atoms with Crippen molar-refractivity contribution in [2.75, 3.05) is 18.2 Å². The molecule has 0 saturated carbocycles. The summed E-state index contributed by atoms with van der Waals surface area (Å²) in [6.07, 6.45) is 2.92. The maximum Gasteiger partial charge on any atom is 0.277 e. The molecule has 6 nitrogen and oxygen atoms in total. The Bertz CT molecular complexity index is 1340. The van der Waals surface area contributed by atoms with E-state index in [1.807, 2.05) is 24.1 Å². The number of aromatic nitrogens is 1. The first-order valence-corrected chi connectivity index (χ1v) is 11.3. The monoisotopic (exact) mass is 445 g/mol. The van der Waals surface area contributed by atoms with Crippen molar-refractivity contribution in [1.82, 2.24) is 9.58 Å². The Morgan fingerprint density at radius 2 is 1.76 bits per heavy atom. The number of aryl methyl sites for hydroxylation is 1. The molecule has 0 saturated heterocycles. The number of hydrogen-bond donors (Lipinski definition) is 1. The van der Waals surface area contributed by atoms with Gasteiger partial charge >= 0.3 is 0 Å². The minimum Gasteiger partial charge on any atom is -0.502 e. The number of rotatable bonds is 2. The first-order chi connectivity index (χ1) is 15.9. The smallest absolute Gasteiger partial charge is 0.277 e. The summed E-state index contributed by atoms with van der Waals surface area (Å²) in [4.78, 5) is 27.1. The van der Waals surface area contributed by atoms with E-state index in [0.29, 0.717) is 18.5 Å². The van der Waals surface area contributed by atoms with Crippen LogP contribution in [0.25, 0.3) is 0 Å². The number of carbonyl (C=O) groups is 1. The summed E-state index contributed by atoms with van der Waals surface area (Å²) in [5, 5.41) is 12.7. The molecule has 6 rings (SSSR count). The van der Waals surface area contributed by atoms with Crippen molar-refractivity contribution in [1.29, 1.82) is 0 Å². The van der Waals surface area contributed by atoms with Gasteiger partial charge in [-0.25, -0.2) is 4.39 Å². The highest BCUT2D eigenvalue weighted by molar-refractivity contribution is 5.96. The minimum atomic E-state index is -0.733. The standard InChI is InChI=1S/C26H24FN3O3/c1-3-28-14-30(29-11-10-22(31)24(32)23(29)25(28)33)26-16(12-17-15(2)6-4-7-19(17)26)13-18-20(26)8-5-9-21(18)27/h4-11,16,32H,3,12-14H2,1-2H3. The number of benzene rings is 2. The highest BCUT2D eigenvalue weighted by Crippen LogP contribution is 2.57. The molecule has 0 radical (unpaired) electrons. The van der Waals surface area contributed by atoms with E-state index in [9.17, 15) is 14.7 Å². The molecule has 0 bridgehead atoms. The molecule has 168 valence electrons. The lowest BCUT2D eigenvalue weighted by Gasteiger charge is -2.50. The molecule has 1 N–H and O–H groups in total. The number of pyridine rings is 1. The number of halogens is 1. The van der Waals surface area contributed by atoms with Crippen molar-refractivity contribution in [3.63, 3.8) is 0 Å². The highest BCUT2D eigenvalue weighted by Gasteiger charge is 2.59. The third kappa shape index (κ3) is 2.37. The second-order valence-corrected chi connectivity index (χ2v) is 9.16. The van der Waals surface area contributed by atoms with Gasteiger partial charge in [0.15, 0.2) is 11.4 Å². The maximum absolute atomic E-state index is 15.0. The number of fused-ring (bicyclic) bond motifs is 6. The summed E-state index contributed by atoms with van der Waals surface area (Å²) in [6.45, 7) is 4.63. The molecule has 2 heterocycles. The number of aromatic hydroxyl groups is 1. The van der Waals surface area contributed by atoms with Crippen LogP contribution in [-0.4, -0.2) is 33.8 Å². The molecule has 33 heavy (non-hydrogen) atoms. The average Bonchev–Trinajstić information content (AvgIpc) is 3.30. The summed E-state index contributed by atoms with van der Waals surface area (Å²) in [5.41, 5.74) is 3.71. The predicted molar refractivity (Wildman–Crippen MR) is 121 cm³/mol. The molecular weight excluding hydrogens is 421 g/mol. The van der Waals surface area contributed by atoms with Crippen LogP contribution in [0.3, 0.4) is 0 Å². The first kappa shape index (κ1) is 20.0. The molecular formula is C26H24FN3O3. The van der Waals surface area contributed by atoms with Gasteiger partial charge in [0.25, 0.3) is 5.91 Å². The lowest BCUT2D eigenvalue weighted by molar-refractivity contribution is 0.0658. The van der Waals surface area contributed by atoms with E-state index < -0.39 is 22.6 Å². The molecule has 2 aromatic carbocycles. The Labute approximate surface area is 190 Å². The van der Waals surface area contributed by atoms with Gasteiger partial charge < -0.3 is 10.0 Å². The summed E-state index contributed by atoms with van der Waals surface area (Å²) < 4.78 is 16.7. The maximum atomic E-state index is 15.0. The Hall–Kier alpha value is -3.61. The molecule has 2 unspecified atom stereocenters. The zero-order chi connectivity index (χ0) is 23.1. The molecule has 7 heteroatoms. The van der Waals surface area contributed by atoms with E-state index in [0.717, 1.165) is 17.5 Å². The third-order valence-electron chi connectivity index (χ3n) is 7.74. The molecule has 2 atom stereocenters. The van der Waals surface area contributed by atoms with Crippen molar-refractivity contribution >= 4 is 5.91 Å². The molecule has 1 aromatic heterocycles. The van der Waals surface area contributed by atoms with Gasteiger partial charge in [-0.15, -0.1) is 0 Å². The fourth-order valence-electron chi connectivity index (χ4n) is 6.27. The van der Waals surface area contributed by atoms with Crippen LogP contribution in [0.2, 0.25) is 0 Å². The van der Waals surface area contributed by atoms with Crippen LogP contribution in [0.1, 0.15) is 45.2 Å². The van der Waals surface area contributed by atoms with Crippen LogP contribution in [0.4, 0.5) is 4.39 Å².